The fourth-order valence-corrected chi connectivity index (χ4v) is 2.79. The predicted octanol–water partition coefficient (Wildman–Crippen LogP) is 2.88. The van der Waals surface area contributed by atoms with Gasteiger partial charge in [0, 0.05) is 11.9 Å². The third-order valence-corrected chi connectivity index (χ3v) is 4.99. The summed E-state index contributed by atoms with van der Waals surface area (Å²) in [5, 5.41) is 12.9. The van der Waals surface area contributed by atoms with E-state index in [-0.39, 0.29) is 11.2 Å². The van der Waals surface area contributed by atoms with Gasteiger partial charge in [-0.05, 0) is 70.8 Å². The first-order valence-corrected chi connectivity index (χ1v) is 8.83. The molecule has 138 valence electrons. The first-order valence-electron chi connectivity index (χ1n) is 8.83. The molecule has 0 amide bonds. The van der Waals surface area contributed by atoms with Gasteiger partial charge in [0.15, 0.2) is 0 Å². The van der Waals surface area contributed by atoms with Crippen LogP contribution in [0.4, 0.5) is 11.6 Å². The van der Waals surface area contributed by atoms with Gasteiger partial charge in [-0.25, -0.2) is 9.97 Å². The van der Waals surface area contributed by atoms with Crippen molar-refractivity contribution >= 4 is 24.2 Å². The van der Waals surface area contributed by atoms with Gasteiger partial charge in [-0.2, -0.15) is 0 Å². The van der Waals surface area contributed by atoms with Gasteiger partial charge in [-0.1, -0.05) is 6.07 Å². The van der Waals surface area contributed by atoms with Crippen LogP contribution >= 0.6 is 0 Å². The van der Waals surface area contributed by atoms with E-state index < -0.39 is 13.2 Å². The van der Waals surface area contributed by atoms with E-state index in [2.05, 4.69) is 21.4 Å². The maximum atomic E-state index is 9.69. The lowest BCUT2D eigenvalue weighted by atomic mass is 9.78. The van der Waals surface area contributed by atoms with Crippen molar-refractivity contribution in [2.75, 3.05) is 5.32 Å². The number of hydrogen-bond acceptors (Lipinski definition) is 6. The largest absolute Gasteiger partial charge is 0.494 e. The van der Waals surface area contributed by atoms with Crippen molar-refractivity contribution < 1.29 is 14.4 Å². The molecule has 26 heavy (non-hydrogen) atoms. The molecule has 0 radical (unpaired) electrons. The minimum atomic E-state index is -0.642. The predicted molar refractivity (Wildman–Crippen MR) is 103 cm³/mol. The summed E-state index contributed by atoms with van der Waals surface area (Å²) in [7, 11) is -0.426. The van der Waals surface area contributed by atoms with E-state index >= 15 is 0 Å². The van der Waals surface area contributed by atoms with E-state index in [1.165, 1.54) is 0 Å². The van der Waals surface area contributed by atoms with Crippen LogP contribution in [0.15, 0.2) is 30.5 Å². The highest BCUT2D eigenvalue weighted by atomic mass is 16.7. The summed E-state index contributed by atoms with van der Waals surface area (Å²) < 4.78 is 12.3. The number of aromatic nitrogens is 2. The van der Waals surface area contributed by atoms with Crippen LogP contribution in [0.5, 0.6) is 0 Å². The summed E-state index contributed by atoms with van der Waals surface area (Å²) in [6.45, 7) is 11.9. The van der Waals surface area contributed by atoms with Crippen molar-refractivity contribution in [1.82, 2.24) is 9.97 Å². The Hall–Kier alpha value is -1.96. The average Bonchev–Trinajstić information content (AvgIpc) is 2.75. The van der Waals surface area contributed by atoms with Gasteiger partial charge < -0.3 is 19.7 Å². The molecule has 1 aliphatic heterocycles. The molecule has 1 unspecified atom stereocenters. The molecule has 1 aromatic carbocycles. The van der Waals surface area contributed by atoms with Crippen LogP contribution < -0.4 is 10.8 Å². The van der Waals surface area contributed by atoms with E-state index in [4.69, 9.17) is 9.31 Å². The molecular weight excluding hydrogens is 329 g/mol. The monoisotopic (exact) mass is 355 g/mol. The Morgan fingerprint density at radius 3 is 2.38 bits per heavy atom. The molecule has 2 N–H and O–H groups in total. The van der Waals surface area contributed by atoms with Crippen molar-refractivity contribution in [3.05, 3.63) is 41.7 Å². The average molecular weight is 355 g/mol. The van der Waals surface area contributed by atoms with Gasteiger partial charge in [0.25, 0.3) is 0 Å². The third kappa shape index (κ3) is 3.75. The van der Waals surface area contributed by atoms with Gasteiger partial charge >= 0.3 is 7.12 Å². The minimum absolute atomic E-state index is 0.385. The zero-order valence-corrected chi connectivity index (χ0v) is 16.2. The molecule has 7 heteroatoms. The van der Waals surface area contributed by atoms with Crippen LogP contribution in [0.2, 0.25) is 0 Å². The van der Waals surface area contributed by atoms with E-state index in [1.54, 1.807) is 19.2 Å². The summed E-state index contributed by atoms with van der Waals surface area (Å²) in [4.78, 5) is 8.56. The Bertz CT molecular complexity index is 792. The number of hydrogen-bond donors (Lipinski definition) is 2. The Morgan fingerprint density at radius 2 is 1.77 bits per heavy atom. The molecule has 3 rings (SSSR count). The molecule has 1 fully saturated rings. The number of nitrogens with one attached hydrogen (secondary N) is 1. The second-order valence-electron chi connectivity index (χ2n) is 7.83. The Morgan fingerprint density at radius 1 is 1.12 bits per heavy atom. The van der Waals surface area contributed by atoms with Gasteiger partial charge in [0.2, 0.25) is 5.95 Å². The van der Waals surface area contributed by atoms with Crippen LogP contribution in [-0.4, -0.2) is 33.4 Å². The van der Waals surface area contributed by atoms with Crippen LogP contribution in [0.3, 0.4) is 0 Å². The first kappa shape index (κ1) is 18.8. The van der Waals surface area contributed by atoms with Crippen molar-refractivity contribution in [1.29, 1.82) is 0 Å². The zero-order chi connectivity index (χ0) is 19.1. The van der Waals surface area contributed by atoms with Gasteiger partial charge in [0.05, 0.1) is 23.0 Å². The molecule has 0 bridgehead atoms. The number of aliphatic hydroxyl groups is 1. The molecular formula is C19H26BN3O3. The van der Waals surface area contributed by atoms with Gasteiger partial charge in [-0.15, -0.1) is 0 Å². The number of rotatable bonds is 4. The summed E-state index contributed by atoms with van der Waals surface area (Å²) in [6, 6.07) is 7.74. The van der Waals surface area contributed by atoms with Crippen molar-refractivity contribution in [2.45, 2.75) is 58.8 Å². The summed E-state index contributed by atoms with van der Waals surface area (Å²) >= 11 is 0. The fraction of sp³-hybridized carbons (Fsp3) is 0.474. The van der Waals surface area contributed by atoms with Crippen molar-refractivity contribution in [2.24, 2.45) is 0 Å². The minimum Gasteiger partial charge on any atom is -0.399 e. The maximum Gasteiger partial charge on any atom is 0.494 e. The topological polar surface area (TPSA) is 76.5 Å². The lowest BCUT2D eigenvalue weighted by Crippen LogP contribution is -2.41. The smallest absolute Gasteiger partial charge is 0.399 e. The van der Waals surface area contributed by atoms with Crippen molar-refractivity contribution in [3.63, 3.8) is 0 Å². The molecule has 0 spiro atoms. The first-order chi connectivity index (χ1) is 12.1. The lowest BCUT2D eigenvalue weighted by molar-refractivity contribution is 0.00578. The molecule has 2 heterocycles. The molecule has 0 saturated carbocycles. The normalized spacial score (nSPS) is 19.4. The van der Waals surface area contributed by atoms with Gasteiger partial charge in [0.1, 0.15) is 0 Å². The number of aliphatic hydroxyl groups excluding tert-OH is 1. The van der Waals surface area contributed by atoms with Crippen LogP contribution in [0, 0.1) is 6.92 Å². The Kier molecular flexibility index (Phi) is 4.81. The highest BCUT2D eigenvalue weighted by Crippen LogP contribution is 2.36. The Labute approximate surface area is 155 Å². The van der Waals surface area contributed by atoms with Gasteiger partial charge in [-0.3, -0.25) is 0 Å². The van der Waals surface area contributed by atoms with Crippen LogP contribution in [0.25, 0.3) is 0 Å². The zero-order valence-electron chi connectivity index (χ0n) is 16.2. The quantitative estimate of drug-likeness (QED) is 0.822. The molecule has 2 aromatic rings. The molecule has 1 aromatic heterocycles. The third-order valence-electron chi connectivity index (χ3n) is 4.99. The number of anilines is 2. The van der Waals surface area contributed by atoms with Crippen molar-refractivity contribution in [3.8, 4) is 0 Å². The lowest BCUT2D eigenvalue weighted by Gasteiger charge is -2.32. The molecule has 6 nitrogen and oxygen atoms in total. The number of aryl methyl sites for hydroxylation is 1. The van der Waals surface area contributed by atoms with E-state index in [9.17, 15) is 5.11 Å². The van der Waals surface area contributed by atoms with Crippen LogP contribution in [0.1, 0.15) is 52.0 Å². The maximum absolute atomic E-state index is 9.69. The second-order valence-corrected chi connectivity index (χ2v) is 7.83. The fourth-order valence-electron chi connectivity index (χ4n) is 2.79. The van der Waals surface area contributed by atoms with E-state index in [0.29, 0.717) is 11.6 Å². The molecule has 1 atom stereocenters. The molecule has 1 aliphatic rings. The number of nitrogens with zero attached hydrogens (tertiary/aromatic N) is 2. The SMILES string of the molecule is Cc1cc(Nc2nccc(C(C)O)n2)cc(B2OC(C)(C)C(C)(C)O2)c1. The highest BCUT2D eigenvalue weighted by molar-refractivity contribution is 6.62. The molecule has 0 aliphatic carbocycles. The summed E-state index contributed by atoms with van der Waals surface area (Å²) in [6.07, 6.45) is 0.985. The standard InChI is InChI=1S/C19H26BN3O3/c1-12-9-14(20-25-18(3,4)19(5,6)26-20)11-15(10-12)22-17-21-8-7-16(23-17)13(2)24/h7-11,13,24H,1-6H3,(H,21,22,23). The summed E-state index contributed by atoms with van der Waals surface area (Å²) in [5.41, 5.74) is 2.66. The highest BCUT2D eigenvalue weighted by Gasteiger charge is 2.51. The number of benzene rings is 1. The Balaban J connectivity index is 1.86. The van der Waals surface area contributed by atoms with Crippen LogP contribution in [-0.2, 0) is 9.31 Å². The van der Waals surface area contributed by atoms with E-state index in [1.807, 2.05) is 46.8 Å². The second kappa shape index (κ2) is 6.65. The summed E-state index contributed by atoms with van der Waals surface area (Å²) in [5.74, 6) is 0.439. The molecule has 1 saturated heterocycles. The van der Waals surface area contributed by atoms with E-state index in [0.717, 1.165) is 16.7 Å².